The van der Waals surface area contributed by atoms with Crippen molar-refractivity contribution in [1.29, 1.82) is 0 Å². The Morgan fingerprint density at radius 3 is 2.60 bits per heavy atom. The Labute approximate surface area is 176 Å². The first-order valence-corrected chi connectivity index (χ1v) is 9.92. The zero-order valence-electron chi connectivity index (χ0n) is 18.0. The molecule has 0 saturated carbocycles. The molecule has 1 saturated heterocycles. The standard InChI is InChI=1S/C20H30N6O4/c1-14-24-19(30-25-14)13-23-20(21-2)22-12-16(26-7-9-29-10-8-26)15-5-6-17(27-3)18(11-15)28-4/h5-6,11,16H,7-10,12-13H2,1-4H3,(H2,21,22,23). The minimum absolute atomic E-state index is 0.109. The fourth-order valence-corrected chi connectivity index (χ4v) is 3.39. The Kier molecular flexibility index (Phi) is 7.86. The Morgan fingerprint density at radius 1 is 1.20 bits per heavy atom. The maximum absolute atomic E-state index is 5.54. The van der Waals surface area contributed by atoms with Crippen LogP contribution in [0.5, 0.6) is 11.5 Å². The van der Waals surface area contributed by atoms with Crippen LogP contribution in [0, 0.1) is 6.92 Å². The smallest absolute Gasteiger partial charge is 0.246 e. The van der Waals surface area contributed by atoms with Gasteiger partial charge >= 0.3 is 0 Å². The van der Waals surface area contributed by atoms with E-state index in [1.165, 1.54) is 0 Å². The van der Waals surface area contributed by atoms with E-state index in [9.17, 15) is 0 Å². The molecular weight excluding hydrogens is 388 g/mol. The number of methoxy groups -OCH3 is 2. The van der Waals surface area contributed by atoms with Gasteiger partial charge in [-0.1, -0.05) is 11.2 Å². The van der Waals surface area contributed by atoms with Crippen molar-refractivity contribution in [3.8, 4) is 11.5 Å². The number of nitrogens with zero attached hydrogens (tertiary/aromatic N) is 4. The van der Waals surface area contributed by atoms with Gasteiger partial charge in [0.2, 0.25) is 5.89 Å². The maximum Gasteiger partial charge on any atom is 0.246 e. The van der Waals surface area contributed by atoms with Gasteiger partial charge in [-0.15, -0.1) is 0 Å². The molecule has 1 atom stereocenters. The third kappa shape index (κ3) is 5.61. The van der Waals surface area contributed by atoms with Crippen LogP contribution < -0.4 is 20.1 Å². The zero-order chi connectivity index (χ0) is 21.3. The molecule has 10 heteroatoms. The molecule has 2 heterocycles. The van der Waals surface area contributed by atoms with Gasteiger partial charge in [0, 0.05) is 26.7 Å². The van der Waals surface area contributed by atoms with Gasteiger partial charge in [-0.2, -0.15) is 4.98 Å². The fourth-order valence-electron chi connectivity index (χ4n) is 3.39. The molecule has 3 rings (SSSR count). The molecule has 1 aliphatic rings. The molecule has 2 aromatic rings. The molecule has 0 radical (unpaired) electrons. The number of aryl methyl sites for hydroxylation is 1. The second-order valence-electron chi connectivity index (χ2n) is 6.82. The summed E-state index contributed by atoms with van der Waals surface area (Å²) < 4.78 is 21.6. The molecular formula is C20H30N6O4. The second-order valence-corrected chi connectivity index (χ2v) is 6.82. The number of morpholine rings is 1. The van der Waals surface area contributed by atoms with E-state index in [-0.39, 0.29) is 6.04 Å². The van der Waals surface area contributed by atoms with E-state index >= 15 is 0 Å². The van der Waals surface area contributed by atoms with E-state index in [1.807, 2.05) is 12.1 Å². The van der Waals surface area contributed by atoms with E-state index in [1.54, 1.807) is 28.2 Å². The summed E-state index contributed by atoms with van der Waals surface area (Å²) in [5, 5.41) is 10.4. The topological polar surface area (TPSA) is 106 Å². The molecule has 0 bridgehead atoms. The van der Waals surface area contributed by atoms with Crippen LogP contribution in [0.3, 0.4) is 0 Å². The Bertz CT molecular complexity index is 834. The van der Waals surface area contributed by atoms with Gasteiger partial charge in [0.25, 0.3) is 0 Å². The molecule has 1 aromatic carbocycles. The first kappa shape index (κ1) is 21.8. The summed E-state index contributed by atoms with van der Waals surface area (Å²) in [6.45, 7) is 5.98. The quantitative estimate of drug-likeness (QED) is 0.482. The summed E-state index contributed by atoms with van der Waals surface area (Å²) in [7, 11) is 5.02. The van der Waals surface area contributed by atoms with E-state index < -0.39 is 0 Å². The lowest BCUT2D eigenvalue weighted by Crippen LogP contribution is -2.46. The highest BCUT2D eigenvalue weighted by molar-refractivity contribution is 5.79. The van der Waals surface area contributed by atoms with Crippen molar-refractivity contribution in [3.05, 3.63) is 35.5 Å². The normalized spacial score (nSPS) is 16.2. The SMILES string of the molecule is CN=C(NCc1nc(C)no1)NCC(c1ccc(OC)c(OC)c1)N1CCOCC1. The minimum Gasteiger partial charge on any atom is -0.493 e. The van der Waals surface area contributed by atoms with Gasteiger partial charge in [0.15, 0.2) is 23.3 Å². The fraction of sp³-hybridized carbons (Fsp3) is 0.550. The summed E-state index contributed by atoms with van der Waals surface area (Å²) in [5.41, 5.74) is 1.13. The number of aromatic nitrogens is 2. The van der Waals surface area contributed by atoms with Gasteiger partial charge in [0.05, 0.1) is 40.0 Å². The largest absolute Gasteiger partial charge is 0.493 e. The van der Waals surface area contributed by atoms with Crippen molar-refractivity contribution in [2.24, 2.45) is 4.99 Å². The molecule has 1 aliphatic heterocycles. The first-order chi connectivity index (χ1) is 14.6. The van der Waals surface area contributed by atoms with Crippen LogP contribution >= 0.6 is 0 Å². The van der Waals surface area contributed by atoms with Crippen molar-refractivity contribution in [3.63, 3.8) is 0 Å². The number of hydrogen-bond acceptors (Lipinski definition) is 8. The van der Waals surface area contributed by atoms with Crippen LogP contribution in [0.25, 0.3) is 0 Å². The predicted octanol–water partition coefficient (Wildman–Crippen LogP) is 1.13. The maximum atomic E-state index is 5.54. The van der Waals surface area contributed by atoms with Crippen molar-refractivity contribution in [2.75, 3.05) is 54.1 Å². The number of hydrogen-bond donors (Lipinski definition) is 2. The Hall–Kier alpha value is -2.85. The van der Waals surface area contributed by atoms with E-state index in [0.717, 1.165) is 18.7 Å². The summed E-state index contributed by atoms with van der Waals surface area (Å²) >= 11 is 0. The van der Waals surface area contributed by atoms with Crippen molar-refractivity contribution >= 4 is 5.96 Å². The molecule has 164 valence electrons. The van der Waals surface area contributed by atoms with Gasteiger partial charge in [-0.05, 0) is 24.6 Å². The van der Waals surface area contributed by atoms with Gasteiger partial charge < -0.3 is 29.4 Å². The van der Waals surface area contributed by atoms with Crippen molar-refractivity contribution in [1.82, 2.24) is 25.7 Å². The number of aliphatic imine (C=N–C) groups is 1. The number of guanidine groups is 1. The van der Waals surface area contributed by atoms with E-state index in [4.69, 9.17) is 18.7 Å². The lowest BCUT2D eigenvalue weighted by Gasteiger charge is -2.35. The average molecular weight is 418 g/mol. The molecule has 2 N–H and O–H groups in total. The minimum atomic E-state index is 0.109. The number of nitrogens with one attached hydrogen (secondary N) is 2. The van der Waals surface area contributed by atoms with Crippen LogP contribution in [0.4, 0.5) is 0 Å². The van der Waals surface area contributed by atoms with Crippen LogP contribution in [0.2, 0.25) is 0 Å². The Morgan fingerprint density at radius 2 is 1.97 bits per heavy atom. The number of rotatable bonds is 8. The molecule has 1 fully saturated rings. The molecule has 0 spiro atoms. The highest BCUT2D eigenvalue weighted by atomic mass is 16.5. The Balaban J connectivity index is 1.70. The molecule has 10 nitrogen and oxygen atoms in total. The monoisotopic (exact) mass is 418 g/mol. The summed E-state index contributed by atoms with van der Waals surface area (Å²) in [4.78, 5) is 10.9. The second kappa shape index (κ2) is 10.8. The number of ether oxygens (including phenoxy) is 3. The van der Waals surface area contributed by atoms with Crippen molar-refractivity contribution in [2.45, 2.75) is 19.5 Å². The zero-order valence-corrected chi connectivity index (χ0v) is 18.0. The summed E-state index contributed by atoms with van der Waals surface area (Å²) in [5.74, 6) is 3.20. The first-order valence-electron chi connectivity index (χ1n) is 9.92. The molecule has 1 aromatic heterocycles. The van der Waals surface area contributed by atoms with Crippen LogP contribution in [-0.2, 0) is 11.3 Å². The molecule has 0 amide bonds. The highest BCUT2D eigenvalue weighted by Gasteiger charge is 2.24. The van der Waals surface area contributed by atoms with Gasteiger partial charge in [-0.3, -0.25) is 9.89 Å². The third-order valence-corrected chi connectivity index (χ3v) is 4.94. The lowest BCUT2D eigenvalue weighted by atomic mass is 10.0. The van der Waals surface area contributed by atoms with E-state index in [0.29, 0.717) is 55.5 Å². The van der Waals surface area contributed by atoms with Crippen LogP contribution in [0.15, 0.2) is 27.7 Å². The molecule has 1 unspecified atom stereocenters. The molecule has 30 heavy (non-hydrogen) atoms. The third-order valence-electron chi connectivity index (χ3n) is 4.94. The summed E-state index contributed by atoms with van der Waals surface area (Å²) in [6.07, 6.45) is 0. The van der Waals surface area contributed by atoms with Crippen LogP contribution in [-0.4, -0.2) is 75.1 Å². The van der Waals surface area contributed by atoms with Crippen molar-refractivity contribution < 1.29 is 18.7 Å². The van der Waals surface area contributed by atoms with E-state index in [2.05, 4.69) is 36.7 Å². The van der Waals surface area contributed by atoms with Crippen LogP contribution in [0.1, 0.15) is 23.3 Å². The lowest BCUT2D eigenvalue weighted by molar-refractivity contribution is 0.0169. The highest BCUT2D eigenvalue weighted by Crippen LogP contribution is 2.32. The van der Waals surface area contributed by atoms with Gasteiger partial charge in [-0.25, -0.2) is 0 Å². The number of benzene rings is 1. The average Bonchev–Trinajstić information content (AvgIpc) is 3.21. The van der Waals surface area contributed by atoms with Gasteiger partial charge in [0.1, 0.15) is 0 Å². The molecule has 0 aliphatic carbocycles. The summed E-state index contributed by atoms with van der Waals surface area (Å²) in [6, 6.07) is 6.14. The predicted molar refractivity (Wildman–Crippen MR) is 112 cm³/mol.